The minimum absolute atomic E-state index is 0.219. The Bertz CT molecular complexity index is 646. The quantitative estimate of drug-likeness (QED) is 0.802. The largest absolute Gasteiger partial charge is 0.337 e. The highest BCUT2D eigenvalue weighted by Crippen LogP contribution is 2.19. The lowest BCUT2D eigenvalue weighted by Crippen LogP contribution is -2.31. The van der Waals surface area contributed by atoms with Crippen molar-refractivity contribution < 1.29 is 13.2 Å². The Hall–Kier alpha value is -1.87. The van der Waals surface area contributed by atoms with Crippen LogP contribution in [0.15, 0.2) is 24.3 Å². The Balaban J connectivity index is 2.16. The number of nitriles is 1. The van der Waals surface area contributed by atoms with Crippen LogP contribution in [-0.4, -0.2) is 43.8 Å². The van der Waals surface area contributed by atoms with Gasteiger partial charge in [0.25, 0.3) is 5.91 Å². The van der Waals surface area contributed by atoms with Gasteiger partial charge in [0.2, 0.25) is 0 Å². The molecule has 1 atom stereocenters. The molecule has 1 aromatic carbocycles. The maximum atomic E-state index is 12.2. The molecule has 1 aliphatic heterocycles. The molecule has 6 heteroatoms. The van der Waals surface area contributed by atoms with E-state index in [-0.39, 0.29) is 12.5 Å². The minimum Gasteiger partial charge on any atom is -0.337 e. The predicted octanol–water partition coefficient (Wildman–Crippen LogP) is 0.817. The number of rotatable bonds is 2. The third-order valence-corrected chi connectivity index (χ3v) is 4.87. The molecule has 0 aliphatic carbocycles. The van der Waals surface area contributed by atoms with Crippen molar-refractivity contribution in [2.45, 2.75) is 11.7 Å². The number of amides is 1. The van der Waals surface area contributed by atoms with Gasteiger partial charge in [0.15, 0.2) is 9.84 Å². The predicted molar refractivity (Wildman–Crippen MR) is 70.3 cm³/mol. The van der Waals surface area contributed by atoms with Crippen LogP contribution in [0.5, 0.6) is 0 Å². The number of nitrogens with zero attached hydrogens (tertiary/aromatic N) is 2. The van der Waals surface area contributed by atoms with E-state index in [1.807, 2.05) is 6.07 Å². The maximum absolute atomic E-state index is 12.2. The average Bonchev–Trinajstić information content (AvgIpc) is 2.87. The third kappa shape index (κ3) is 2.93. The molecule has 1 fully saturated rings. The van der Waals surface area contributed by atoms with Crippen molar-refractivity contribution in [1.82, 2.24) is 4.90 Å². The molecule has 1 saturated heterocycles. The number of likely N-dealkylation sites (tertiary alicyclic amines) is 1. The van der Waals surface area contributed by atoms with Crippen LogP contribution in [0.1, 0.15) is 22.3 Å². The van der Waals surface area contributed by atoms with Gasteiger partial charge >= 0.3 is 0 Å². The molecule has 1 unspecified atom stereocenters. The van der Waals surface area contributed by atoms with Gasteiger partial charge in [0.1, 0.15) is 0 Å². The van der Waals surface area contributed by atoms with Crippen molar-refractivity contribution in [3.05, 3.63) is 35.4 Å². The van der Waals surface area contributed by atoms with E-state index in [0.29, 0.717) is 24.1 Å². The van der Waals surface area contributed by atoms with Crippen molar-refractivity contribution in [3.8, 4) is 6.07 Å². The lowest BCUT2D eigenvalue weighted by atomic mass is 10.1. The van der Waals surface area contributed by atoms with Crippen LogP contribution >= 0.6 is 0 Å². The summed E-state index contributed by atoms with van der Waals surface area (Å²) < 4.78 is 22.9. The number of carbonyl (C=O) groups excluding carboxylic acids is 1. The smallest absolute Gasteiger partial charge is 0.253 e. The molecule has 0 bridgehead atoms. The van der Waals surface area contributed by atoms with Gasteiger partial charge in [-0.2, -0.15) is 5.26 Å². The topological polar surface area (TPSA) is 78.2 Å². The van der Waals surface area contributed by atoms with Crippen molar-refractivity contribution in [2.24, 2.45) is 0 Å². The summed E-state index contributed by atoms with van der Waals surface area (Å²) >= 11 is 0. The van der Waals surface area contributed by atoms with Crippen LogP contribution < -0.4 is 0 Å². The zero-order valence-electron chi connectivity index (χ0n) is 10.5. The van der Waals surface area contributed by atoms with E-state index in [1.165, 1.54) is 17.2 Å². The number of hydrogen-bond acceptors (Lipinski definition) is 4. The highest BCUT2D eigenvalue weighted by atomic mass is 32.2. The molecule has 0 N–H and O–H groups in total. The first-order valence-electron chi connectivity index (χ1n) is 5.90. The van der Waals surface area contributed by atoms with Crippen molar-refractivity contribution in [3.63, 3.8) is 0 Å². The molecule has 1 amide bonds. The van der Waals surface area contributed by atoms with E-state index in [1.54, 1.807) is 18.2 Å². The monoisotopic (exact) mass is 278 g/mol. The Morgan fingerprint density at radius 1 is 1.47 bits per heavy atom. The second-order valence-electron chi connectivity index (χ2n) is 4.68. The highest BCUT2D eigenvalue weighted by molar-refractivity contribution is 7.91. The summed E-state index contributed by atoms with van der Waals surface area (Å²) in [5.74, 6) is -0.219. The first kappa shape index (κ1) is 13.6. The Kier molecular flexibility index (Phi) is 3.58. The van der Waals surface area contributed by atoms with E-state index in [2.05, 4.69) is 0 Å². The Morgan fingerprint density at radius 2 is 2.21 bits per heavy atom. The fraction of sp³-hybridized carbons (Fsp3) is 0.385. The second kappa shape index (κ2) is 5.02. The fourth-order valence-corrected chi connectivity index (χ4v) is 3.15. The van der Waals surface area contributed by atoms with Gasteiger partial charge in [-0.1, -0.05) is 6.07 Å². The molecule has 100 valence electrons. The van der Waals surface area contributed by atoms with Crippen molar-refractivity contribution in [2.75, 3.05) is 19.3 Å². The number of hydrogen-bond donors (Lipinski definition) is 0. The third-order valence-electron chi connectivity index (χ3n) is 3.28. The van der Waals surface area contributed by atoms with E-state index in [0.717, 1.165) is 0 Å². The number of benzene rings is 1. The van der Waals surface area contributed by atoms with Gasteiger partial charge in [-0.05, 0) is 24.6 Å². The van der Waals surface area contributed by atoms with Gasteiger partial charge in [-0.3, -0.25) is 4.79 Å². The summed E-state index contributed by atoms with van der Waals surface area (Å²) in [4.78, 5) is 13.7. The van der Waals surface area contributed by atoms with Crippen LogP contribution in [0.25, 0.3) is 0 Å². The van der Waals surface area contributed by atoms with E-state index < -0.39 is 15.1 Å². The van der Waals surface area contributed by atoms with Gasteiger partial charge in [0.05, 0.1) is 16.9 Å². The molecule has 1 aliphatic rings. The molecule has 0 radical (unpaired) electrons. The standard InChI is InChI=1S/C13H14N2O3S/c1-19(17,18)12-5-6-15(9-12)13(16)11-4-2-3-10(7-11)8-14/h2-4,7,12H,5-6,9H2,1H3. The number of sulfone groups is 1. The van der Waals surface area contributed by atoms with E-state index in [4.69, 9.17) is 5.26 Å². The lowest BCUT2D eigenvalue weighted by molar-refractivity contribution is 0.0793. The molecule has 5 nitrogen and oxygen atoms in total. The highest BCUT2D eigenvalue weighted by Gasteiger charge is 2.32. The number of carbonyl (C=O) groups is 1. The van der Waals surface area contributed by atoms with Crippen LogP contribution in [-0.2, 0) is 9.84 Å². The normalized spacial score (nSPS) is 19.2. The van der Waals surface area contributed by atoms with E-state index in [9.17, 15) is 13.2 Å². The Labute approximate surface area is 112 Å². The summed E-state index contributed by atoms with van der Waals surface area (Å²) in [5.41, 5.74) is 0.845. The summed E-state index contributed by atoms with van der Waals surface area (Å²) in [6.45, 7) is 0.668. The average molecular weight is 278 g/mol. The second-order valence-corrected chi connectivity index (χ2v) is 7.01. The molecular formula is C13H14N2O3S. The molecular weight excluding hydrogens is 264 g/mol. The molecule has 1 heterocycles. The minimum atomic E-state index is -3.11. The SMILES string of the molecule is CS(=O)(=O)C1CCN(C(=O)c2cccc(C#N)c2)C1. The summed E-state index contributed by atoms with van der Waals surface area (Å²) in [6, 6.07) is 8.41. The van der Waals surface area contributed by atoms with Gasteiger partial charge in [-0.25, -0.2) is 8.42 Å². The molecule has 0 saturated carbocycles. The lowest BCUT2D eigenvalue weighted by Gasteiger charge is -2.16. The Morgan fingerprint density at radius 3 is 2.79 bits per heavy atom. The fourth-order valence-electron chi connectivity index (χ4n) is 2.17. The molecule has 2 rings (SSSR count). The molecule has 19 heavy (non-hydrogen) atoms. The van der Waals surface area contributed by atoms with Crippen LogP contribution in [0.2, 0.25) is 0 Å². The van der Waals surface area contributed by atoms with Crippen molar-refractivity contribution >= 4 is 15.7 Å². The van der Waals surface area contributed by atoms with Crippen molar-refractivity contribution in [1.29, 1.82) is 5.26 Å². The first-order valence-corrected chi connectivity index (χ1v) is 7.85. The van der Waals surface area contributed by atoms with Gasteiger partial charge in [0, 0.05) is 24.9 Å². The van der Waals surface area contributed by atoms with Gasteiger partial charge in [-0.15, -0.1) is 0 Å². The van der Waals surface area contributed by atoms with Crippen LogP contribution in [0.3, 0.4) is 0 Å². The zero-order valence-corrected chi connectivity index (χ0v) is 11.4. The molecule has 1 aromatic rings. The van der Waals surface area contributed by atoms with Crippen LogP contribution in [0.4, 0.5) is 0 Å². The maximum Gasteiger partial charge on any atom is 0.253 e. The van der Waals surface area contributed by atoms with E-state index >= 15 is 0 Å². The summed E-state index contributed by atoms with van der Waals surface area (Å²) in [5, 5.41) is 8.33. The summed E-state index contributed by atoms with van der Waals surface area (Å²) in [7, 11) is -3.11. The van der Waals surface area contributed by atoms with Crippen LogP contribution in [0, 0.1) is 11.3 Å². The molecule has 0 aromatic heterocycles. The first-order chi connectivity index (χ1) is 8.91. The summed E-state index contributed by atoms with van der Waals surface area (Å²) in [6.07, 6.45) is 1.67. The molecule has 0 spiro atoms. The zero-order chi connectivity index (χ0) is 14.0. The van der Waals surface area contributed by atoms with Gasteiger partial charge < -0.3 is 4.90 Å².